The molecule has 0 unspecified atom stereocenters. The van der Waals surface area contributed by atoms with Crippen LogP contribution < -0.4 is 10.2 Å². The Morgan fingerprint density at radius 3 is 2.86 bits per heavy atom. The van der Waals surface area contributed by atoms with Crippen LogP contribution in [-0.2, 0) is 22.4 Å². The van der Waals surface area contributed by atoms with E-state index in [1.807, 2.05) is 35.7 Å². The minimum absolute atomic E-state index is 0.188. The van der Waals surface area contributed by atoms with Crippen molar-refractivity contribution in [2.24, 2.45) is 0 Å². The molecule has 2 aromatic rings. The van der Waals surface area contributed by atoms with Crippen LogP contribution in [0.4, 0.5) is 11.4 Å². The van der Waals surface area contributed by atoms with E-state index < -0.39 is 0 Å². The summed E-state index contributed by atoms with van der Waals surface area (Å²) in [6.07, 6.45) is 1.18. The molecule has 0 saturated carbocycles. The second kappa shape index (κ2) is 5.69. The molecule has 2 amide bonds. The van der Waals surface area contributed by atoms with Gasteiger partial charge in [-0.15, -0.1) is 11.3 Å². The van der Waals surface area contributed by atoms with Crippen LogP contribution in [0.1, 0.15) is 17.4 Å². The summed E-state index contributed by atoms with van der Waals surface area (Å²) >= 11 is 1.53. The number of amides is 2. The van der Waals surface area contributed by atoms with Crippen LogP contribution in [-0.4, -0.2) is 18.4 Å². The first-order valence-corrected chi connectivity index (χ1v) is 7.76. The summed E-state index contributed by atoms with van der Waals surface area (Å²) in [7, 11) is 0. The Hall–Kier alpha value is -2.14. The van der Waals surface area contributed by atoms with Crippen molar-refractivity contribution in [3.8, 4) is 0 Å². The maximum atomic E-state index is 12.5. The average Bonchev–Trinajstić information content (AvgIpc) is 3.09. The number of hydrogen-bond acceptors (Lipinski definition) is 4. The highest BCUT2D eigenvalue weighted by Gasteiger charge is 2.25. The zero-order valence-electron chi connectivity index (χ0n) is 11.8. The zero-order chi connectivity index (χ0) is 14.8. The van der Waals surface area contributed by atoms with E-state index in [0.717, 1.165) is 29.1 Å². The van der Waals surface area contributed by atoms with E-state index in [0.29, 0.717) is 5.69 Å². The monoisotopic (exact) mass is 300 g/mol. The molecular weight excluding hydrogens is 284 g/mol. The van der Waals surface area contributed by atoms with Gasteiger partial charge in [0.05, 0.1) is 17.8 Å². The Morgan fingerprint density at radius 2 is 2.14 bits per heavy atom. The molecule has 1 N–H and O–H groups in total. The number of para-hydroxylation sites is 1. The third-order valence-corrected chi connectivity index (χ3v) is 4.41. The molecule has 0 bridgehead atoms. The van der Waals surface area contributed by atoms with Crippen molar-refractivity contribution >= 4 is 34.5 Å². The highest BCUT2D eigenvalue weighted by molar-refractivity contribution is 7.10. The van der Waals surface area contributed by atoms with Crippen molar-refractivity contribution in [2.75, 3.05) is 16.8 Å². The minimum Gasteiger partial charge on any atom is -0.383 e. The topological polar surface area (TPSA) is 49.4 Å². The van der Waals surface area contributed by atoms with Crippen LogP contribution in [0, 0.1) is 0 Å². The molecule has 0 aliphatic carbocycles. The second-order valence-corrected chi connectivity index (χ2v) is 6.02. The molecular formula is C16H16N2O2S. The lowest BCUT2D eigenvalue weighted by atomic mass is 10.1. The van der Waals surface area contributed by atoms with Crippen LogP contribution in [0.15, 0.2) is 35.7 Å². The lowest BCUT2D eigenvalue weighted by Crippen LogP contribution is -2.36. The van der Waals surface area contributed by atoms with Gasteiger partial charge in [0, 0.05) is 18.3 Å². The summed E-state index contributed by atoms with van der Waals surface area (Å²) in [6, 6.07) is 9.57. The first-order chi connectivity index (χ1) is 10.2. The molecule has 21 heavy (non-hydrogen) atoms. The summed E-state index contributed by atoms with van der Waals surface area (Å²) in [4.78, 5) is 26.8. The van der Waals surface area contributed by atoms with Crippen LogP contribution >= 0.6 is 11.3 Å². The maximum absolute atomic E-state index is 12.5. The molecule has 1 aromatic heterocycles. The van der Waals surface area contributed by atoms with Gasteiger partial charge in [0.2, 0.25) is 11.8 Å². The smallest absolute Gasteiger partial charge is 0.239 e. The third-order valence-electron chi connectivity index (χ3n) is 3.54. The van der Waals surface area contributed by atoms with Gasteiger partial charge >= 0.3 is 0 Å². The van der Waals surface area contributed by atoms with E-state index in [-0.39, 0.29) is 18.2 Å². The molecule has 4 nitrogen and oxygen atoms in total. The number of thiophene rings is 1. The predicted octanol–water partition coefficient (Wildman–Crippen LogP) is 2.84. The first kappa shape index (κ1) is 13.8. The molecule has 1 aromatic carbocycles. The van der Waals surface area contributed by atoms with Gasteiger partial charge in [0.25, 0.3) is 0 Å². The summed E-state index contributed by atoms with van der Waals surface area (Å²) in [5.41, 5.74) is 2.73. The number of anilines is 2. The Morgan fingerprint density at radius 1 is 1.29 bits per heavy atom. The van der Waals surface area contributed by atoms with Gasteiger partial charge in [0.1, 0.15) is 0 Å². The molecule has 1 aliphatic rings. The molecule has 0 saturated heterocycles. The van der Waals surface area contributed by atoms with Crippen molar-refractivity contribution < 1.29 is 9.59 Å². The second-order valence-electron chi connectivity index (χ2n) is 4.99. The highest BCUT2D eigenvalue weighted by Crippen LogP contribution is 2.34. The van der Waals surface area contributed by atoms with Crippen LogP contribution in [0.2, 0.25) is 0 Å². The number of hydrogen-bond donors (Lipinski definition) is 1. The molecule has 0 atom stereocenters. The molecule has 2 heterocycles. The number of rotatable bonds is 3. The lowest BCUT2D eigenvalue weighted by Gasteiger charge is -2.22. The van der Waals surface area contributed by atoms with Gasteiger partial charge < -0.3 is 5.32 Å². The van der Waals surface area contributed by atoms with Crippen molar-refractivity contribution in [2.45, 2.75) is 19.8 Å². The summed E-state index contributed by atoms with van der Waals surface area (Å²) in [5.74, 6) is -0.439. The number of imide groups is 1. The molecule has 3 rings (SSSR count). The summed E-state index contributed by atoms with van der Waals surface area (Å²) < 4.78 is 0. The number of nitrogens with zero attached hydrogens (tertiary/aromatic N) is 1. The van der Waals surface area contributed by atoms with Gasteiger partial charge in [-0.3, -0.25) is 9.59 Å². The number of nitrogens with one attached hydrogen (secondary N) is 1. The largest absolute Gasteiger partial charge is 0.383 e. The predicted molar refractivity (Wildman–Crippen MR) is 84.8 cm³/mol. The van der Waals surface area contributed by atoms with Crippen molar-refractivity contribution in [1.29, 1.82) is 0 Å². The van der Waals surface area contributed by atoms with Crippen LogP contribution in [0.5, 0.6) is 0 Å². The molecule has 5 heteroatoms. The van der Waals surface area contributed by atoms with Crippen molar-refractivity contribution in [1.82, 2.24) is 0 Å². The van der Waals surface area contributed by atoms with Crippen LogP contribution in [0.3, 0.4) is 0 Å². The fourth-order valence-electron chi connectivity index (χ4n) is 2.63. The van der Waals surface area contributed by atoms with Gasteiger partial charge in [0.15, 0.2) is 0 Å². The Balaban J connectivity index is 1.94. The number of fused-ring (bicyclic) bond motifs is 1. The van der Waals surface area contributed by atoms with E-state index in [1.54, 1.807) is 0 Å². The molecule has 0 spiro atoms. The van der Waals surface area contributed by atoms with E-state index in [1.165, 1.54) is 23.2 Å². The Kier molecular flexibility index (Phi) is 3.75. The van der Waals surface area contributed by atoms with Crippen LogP contribution in [0.25, 0.3) is 0 Å². The number of benzene rings is 1. The average molecular weight is 300 g/mol. The van der Waals surface area contributed by atoms with E-state index in [4.69, 9.17) is 0 Å². The van der Waals surface area contributed by atoms with Crippen molar-refractivity contribution in [3.63, 3.8) is 0 Å². The first-order valence-electron chi connectivity index (χ1n) is 6.88. The normalized spacial score (nSPS) is 12.6. The van der Waals surface area contributed by atoms with Gasteiger partial charge in [-0.05, 0) is 29.5 Å². The van der Waals surface area contributed by atoms with Gasteiger partial charge in [-0.25, -0.2) is 4.90 Å². The third kappa shape index (κ3) is 2.69. The SMILES string of the molecule is CC(=O)N(C(=O)Cc1cccs1)c1cccc2c1NCC2. The molecule has 0 fully saturated rings. The zero-order valence-corrected chi connectivity index (χ0v) is 12.6. The standard InChI is InChI=1S/C16H16N2O2S/c1-11(19)18(15(20)10-13-5-3-9-21-13)14-6-2-4-12-7-8-17-16(12)14/h2-6,9,17H,7-8,10H2,1H3. The van der Waals surface area contributed by atoms with Gasteiger partial charge in [-0.1, -0.05) is 18.2 Å². The molecule has 0 radical (unpaired) electrons. The van der Waals surface area contributed by atoms with E-state index in [2.05, 4.69) is 5.32 Å². The minimum atomic E-state index is -0.251. The summed E-state index contributed by atoms with van der Waals surface area (Å²) in [5, 5.41) is 5.21. The molecule has 108 valence electrons. The fraction of sp³-hybridized carbons (Fsp3) is 0.250. The quantitative estimate of drug-likeness (QED) is 0.948. The Bertz CT molecular complexity index is 680. The highest BCUT2D eigenvalue weighted by atomic mass is 32.1. The Labute approximate surface area is 127 Å². The van der Waals surface area contributed by atoms with E-state index >= 15 is 0 Å². The van der Waals surface area contributed by atoms with E-state index in [9.17, 15) is 9.59 Å². The summed E-state index contributed by atoms with van der Waals surface area (Å²) in [6.45, 7) is 2.28. The van der Waals surface area contributed by atoms with Crippen molar-refractivity contribution in [3.05, 3.63) is 46.2 Å². The maximum Gasteiger partial charge on any atom is 0.239 e. The fourth-order valence-corrected chi connectivity index (χ4v) is 3.32. The lowest BCUT2D eigenvalue weighted by molar-refractivity contribution is -0.125. The molecule has 1 aliphatic heterocycles. The number of carbonyl (C=O) groups excluding carboxylic acids is 2. The number of carbonyl (C=O) groups is 2. The van der Waals surface area contributed by atoms with Gasteiger partial charge in [-0.2, -0.15) is 0 Å².